The number of carbonyl (C=O) groups excluding carboxylic acids is 3. The average molecular weight is 360 g/mol. The highest BCUT2D eigenvalue weighted by Crippen LogP contribution is 2.18. The Bertz CT molecular complexity index is 701. The zero-order chi connectivity index (χ0) is 17.6. The molecule has 1 saturated heterocycles. The van der Waals surface area contributed by atoms with E-state index in [1.165, 1.54) is 42.5 Å². The Balaban J connectivity index is 1.54. The Morgan fingerprint density at radius 2 is 2.00 bits per heavy atom. The van der Waals surface area contributed by atoms with Gasteiger partial charge in [-0.25, -0.2) is 9.98 Å². The average Bonchev–Trinajstić information content (AvgIpc) is 2.86. The van der Waals surface area contributed by atoms with Crippen molar-refractivity contribution >= 4 is 40.4 Å². The first-order chi connectivity index (χ1) is 12.1. The first-order valence-corrected chi connectivity index (χ1v) is 9.29. The van der Waals surface area contributed by atoms with Crippen molar-refractivity contribution in [2.24, 2.45) is 10.9 Å². The Hall–Kier alpha value is -2.35. The van der Waals surface area contributed by atoms with Gasteiger partial charge in [-0.2, -0.15) is 0 Å². The fraction of sp³-hybridized carbons (Fsp3) is 0.471. The number of carbonyl (C=O) groups is 3. The molecule has 0 radical (unpaired) electrons. The number of nitrogens with zero attached hydrogens (tertiary/aromatic N) is 3. The van der Waals surface area contributed by atoms with Crippen molar-refractivity contribution in [2.75, 3.05) is 18.4 Å². The van der Waals surface area contributed by atoms with Crippen LogP contribution in [-0.2, 0) is 20.8 Å². The smallest absolute Gasteiger partial charge is 0.269 e. The van der Waals surface area contributed by atoms with Crippen LogP contribution in [0.1, 0.15) is 31.4 Å². The van der Waals surface area contributed by atoms with Gasteiger partial charge in [-0.1, -0.05) is 18.9 Å². The summed E-state index contributed by atoms with van der Waals surface area (Å²) in [5.74, 6) is -1.16. The molecule has 2 aliphatic heterocycles. The summed E-state index contributed by atoms with van der Waals surface area (Å²) in [4.78, 5) is 45.3. The molecule has 3 amide bonds. The fourth-order valence-corrected chi connectivity index (χ4v) is 3.52. The van der Waals surface area contributed by atoms with Crippen LogP contribution in [0.4, 0.5) is 5.13 Å². The third kappa shape index (κ3) is 4.82. The predicted molar refractivity (Wildman–Crippen MR) is 95.6 cm³/mol. The van der Waals surface area contributed by atoms with E-state index < -0.39 is 5.92 Å². The van der Waals surface area contributed by atoms with Gasteiger partial charge in [0.15, 0.2) is 5.13 Å². The van der Waals surface area contributed by atoms with Crippen molar-refractivity contribution in [2.45, 2.75) is 32.1 Å². The van der Waals surface area contributed by atoms with Crippen LogP contribution < -0.4 is 5.32 Å². The van der Waals surface area contributed by atoms with Crippen LogP contribution in [0, 0.1) is 5.92 Å². The maximum absolute atomic E-state index is 12.4. The lowest BCUT2D eigenvalue weighted by atomic mass is 10.1. The standard InChI is InChI=1S/C17H20N4O3S/c22-14-6-5-12(10-18-14)16(24)20-17-19-13(11-25-17)9-15(23)21-7-3-1-2-4-8-21/h5-6,10-12H,1-4,7-9H2,(H,19,20,24). The van der Waals surface area contributed by atoms with Gasteiger partial charge in [0.2, 0.25) is 11.8 Å². The molecule has 3 heterocycles. The summed E-state index contributed by atoms with van der Waals surface area (Å²) in [6.07, 6.45) is 8.83. The van der Waals surface area contributed by atoms with Crippen molar-refractivity contribution in [3.05, 3.63) is 23.2 Å². The van der Waals surface area contributed by atoms with Crippen LogP contribution in [-0.4, -0.2) is 46.9 Å². The first-order valence-electron chi connectivity index (χ1n) is 8.41. The number of thiazole rings is 1. The Morgan fingerprint density at radius 1 is 1.24 bits per heavy atom. The van der Waals surface area contributed by atoms with Crippen LogP contribution in [0.5, 0.6) is 0 Å². The number of dihydropyridines is 1. The van der Waals surface area contributed by atoms with E-state index in [1.807, 2.05) is 4.90 Å². The van der Waals surface area contributed by atoms with Crippen LogP contribution >= 0.6 is 11.3 Å². The molecular formula is C17H20N4O3S. The molecule has 0 saturated carbocycles. The number of amides is 3. The van der Waals surface area contributed by atoms with E-state index in [-0.39, 0.29) is 24.1 Å². The van der Waals surface area contributed by atoms with Crippen LogP contribution in [0.25, 0.3) is 0 Å². The third-order valence-corrected chi connectivity index (χ3v) is 4.99. The molecule has 0 aromatic carbocycles. The molecule has 8 heteroatoms. The van der Waals surface area contributed by atoms with Crippen molar-refractivity contribution in [3.63, 3.8) is 0 Å². The first kappa shape index (κ1) is 17.5. The second-order valence-corrected chi connectivity index (χ2v) is 6.96. The van der Waals surface area contributed by atoms with Crippen LogP contribution in [0.2, 0.25) is 0 Å². The van der Waals surface area contributed by atoms with Gasteiger partial charge in [-0.15, -0.1) is 11.3 Å². The van der Waals surface area contributed by atoms with Crippen LogP contribution in [0.3, 0.4) is 0 Å². The normalized spacial score (nSPS) is 20.4. The van der Waals surface area contributed by atoms with Crippen molar-refractivity contribution in [3.8, 4) is 0 Å². The number of aromatic nitrogens is 1. The van der Waals surface area contributed by atoms with E-state index in [9.17, 15) is 14.4 Å². The highest BCUT2D eigenvalue weighted by molar-refractivity contribution is 7.13. The number of nitrogens with one attached hydrogen (secondary N) is 1. The lowest BCUT2D eigenvalue weighted by molar-refractivity contribution is -0.130. The van der Waals surface area contributed by atoms with E-state index in [4.69, 9.17) is 0 Å². The van der Waals surface area contributed by atoms with Gasteiger partial charge in [0.1, 0.15) is 0 Å². The highest BCUT2D eigenvalue weighted by Gasteiger charge is 2.20. The zero-order valence-electron chi connectivity index (χ0n) is 13.8. The quantitative estimate of drug-likeness (QED) is 0.886. The molecule has 7 nitrogen and oxygen atoms in total. The Kier molecular flexibility index (Phi) is 5.70. The predicted octanol–water partition coefficient (Wildman–Crippen LogP) is 1.81. The molecule has 1 aromatic rings. The van der Waals surface area contributed by atoms with Crippen molar-refractivity contribution in [1.29, 1.82) is 0 Å². The van der Waals surface area contributed by atoms with E-state index in [0.29, 0.717) is 10.8 Å². The number of hydrogen-bond donors (Lipinski definition) is 1. The van der Waals surface area contributed by atoms with Gasteiger partial charge in [-0.05, 0) is 12.8 Å². The molecule has 0 spiro atoms. The van der Waals surface area contributed by atoms with Gasteiger partial charge in [0, 0.05) is 30.8 Å². The van der Waals surface area contributed by atoms with Gasteiger partial charge in [0.05, 0.1) is 18.0 Å². The van der Waals surface area contributed by atoms with E-state index in [2.05, 4.69) is 15.3 Å². The second-order valence-electron chi connectivity index (χ2n) is 6.11. The zero-order valence-corrected chi connectivity index (χ0v) is 14.6. The summed E-state index contributed by atoms with van der Waals surface area (Å²) in [6, 6.07) is 0. The van der Waals surface area contributed by atoms with Gasteiger partial charge in [-0.3, -0.25) is 14.4 Å². The lowest BCUT2D eigenvalue weighted by Crippen LogP contribution is -2.33. The maximum Gasteiger partial charge on any atom is 0.269 e. The summed E-state index contributed by atoms with van der Waals surface area (Å²) >= 11 is 1.29. The molecule has 1 aromatic heterocycles. The minimum Gasteiger partial charge on any atom is -0.342 e. The molecule has 1 unspecified atom stereocenters. The SMILES string of the molecule is O=C1C=CC(C(=O)Nc2nc(CC(=O)N3CCCCCC3)cs2)C=N1. The lowest BCUT2D eigenvalue weighted by Gasteiger charge is -2.19. The second kappa shape index (κ2) is 8.15. The monoisotopic (exact) mass is 360 g/mol. The highest BCUT2D eigenvalue weighted by atomic mass is 32.1. The minimum absolute atomic E-state index is 0.0888. The summed E-state index contributed by atoms with van der Waals surface area (Å²) in [6.45, 7) is 1.64. The molecule has 132 valence electrons. The molecule has 1 atom stereocenters. The number of anilines is 1. The number of aliphatic imine (C=N–C) groups is 1. The number of hydrogen-bond acceptors (Lipinski definition) is 5. The summed E-state index contributed by atoms with van der Waals surface area (Å²) < 4.78 is 0. The van der Waals surface area contributed by atoms with Gasteiger partial charge in [0.25, 0.3) is 5.91 Å². The Labute approximate surface area is 149 Å². The third-order valence-electron chi connectivity index (χ3n) is 4.18. The van der Waals surface area contributed by atoms with Crippen molar-refractivity contribution < 1.29 is 14.4 Å². The molecule has 0 bridgehead atoms. The van der Waals surface area contributed by atoms with Gasteiger partial charge < -0.3 is 10.2 Å². The minimum atomic E-state index is -0.580. The van der Waals surface area contributed by atoms with Crippen molar-refractivity contribution in [1.82, 2.24) is 9.88 Å². The Morgan fingerprint density at radius 3 is 2.68 bits per heavy atom. The molecule has 3 rings (SSSR count). The molecule has 0 aliphatic carbocycles. The van der Waals surface area contributed by atoms with E-state index in [1.54, 1.807) is 5.38 Å². The summed E-state index contributed by atoms with van der Waals surface area (Å²) in [5, 5.41) is 4.94. The summed E-state index contributed by atoms with van der Waals surface area (Å²) in [7, 11) is 0. The number of likely N-dealkylation sites (tertiary alicyclic amines) is 1. The van der Waals surface area contributed by atoms with E-state index >= 15 is 0 Å². The molecular weight excluding hydrogens is 340 g/mol. The summed E-state index contributed by atoms with van der Waals surface area (Å²) in [5.41, 5.74) is 0.664. The molecule has 1 N–H and O–H groups in total. The van der Waals surface area contributed by atoms with Crippen LogP contribution in [0.15, 0.2) is 22.5 Å². The maximum atomic E-state index is 12.4. The molecule has 25 heavy (non-hydrogen) atoms. The van der Waals surface area contributed by atoms with E-state index in [0.717, 1.165) is 25.9 Å². The van der Waals surface area contributed by atoms with Gasteiger partial charge >= 0.3 is 0 Å². The fourth-order valence-electron chi connectivity index (χ4n) is 2.81. The molecule has 1 fully saturated rings. The topological polar surface area (TPSA) is 91.7 Å². The largest absolute Gasteiger partial charge is 0.342 e. The number of rotatable bonds is 4. The molecule has 2 aliphatic rings.